The molecule has 0 aliphatic rings. The largest absolute Gasteiger partial charge is 0.480 e. The molecular formula is C5H8O6S. The molecule has 0 aliphatic heterocycles. The zero-order valence-electron chi connectivity index (χ0n) is 6.31. The van der Waals surface area contributed by atoms with Gasteiger partial charge in [-0.15, -0.1) is 0 Å². The van der Waals surface area contributed by atoms with E-state index in [4.69, 9.17) is 5.11 Å². The first-order chi connectivity index (χ1) is 5.57. The number of rotatable bonds is 4. The number of carboxylic acid groups (broad SMARTS) is 1. The second-order valence-electron chi connectivity index (χ2n) is 1.70. The van der Waals surface area contributed by atoms with Gasteiger partial charge in [-0.25, -0.2) is 4.79 Å². The number of aliphatic carboxylic acids is 1. The molecule has 1 N–H and O–H groups in total. The SMILES string of the molecule is COC(COCC(=O)O)=S(=O)=O. The van der Waals surface area contributed by atoms with Gasteiger partial charge in [0, 0.05) is 7.11 Å². The average molecular weight is 196 g/mol. The van der Waals surface area contributed by atoms with Crippen molar-refractivity contribution in [1.82, 2.24) is 0 Å². The fourth-order valence-electron chi connectivity index (χ4n) is 0.397. The van der Waals surface area contributed by atoms with Crippen molar-refractivity contribution in [1.29, 1.82) is 0 Å². The summed E-state index contributed by atoms with van der Waals surface area (Å²) in [4.78, 5) is 9.91. The summed E-state index contributed by atoms with van der Waals surface area (Å²) < 4.78 is 29.3. The second-order valence-corrected chi connectivity index (χ2v) is 2.62. The van der Waals surface area contributed by atoms with E-state index in [9.17, 15) is 13.2 Å². The fraction of sp³-hybridized carbons (Fsp3) is 0.600. The Labute approximate surface area is 70.2 Å². The number of carboxylic acids is 1. The minimum atomic E-state index is -2.49. The zero-order valence-corrected chi connectivity index (χ0v) is 7.13. The Morgan fingerprint density at radius 1 is 1.42 bits per heavy atom. The predicted molar refractivity (Wildman–Crippen MR) is 39.4 cm³/mol. The van der Waals surface area contributed by atoms with Crippen LogP contribution in [0.25, 0.3) is 0 Å². The van der Waals surface area contributed by atoms with Crippen LogP contribution in [0.15, 0.2) is 0 Å². The summed E-state index contributed by atoms with van der Waals surface area (Å²) in [6.07, 6.45) is 0. The first-order valence-electron chi connectivity index (χ1n) is 2.86. The fourth-order valence-corrected chi connectivity index (χ4v) is 0.712. The van der Waals surface area contributed by atoms with Gasteiger partial charge in [0.05, 0.1) is 0 Å². The molecule has 0 bridgehead atoms. The highest BCUT2D eigenvalue weighted by Crippen LogP contribution is 1.80. The van der Waals surface area contributed by atoms with Gasteiger partial charge in [-0.1, -0.05) is 0 Å². The minimum absolute atomic E-state index is 0.323. The molecule has 0 atom stereocenters. The van der Waals surface area contributed by atoms with Crippen LogP contribution >= 0.6 is 0 Å². The van der Waals surface area contributed by atoms with Gasteiger partial charge in [0.1, 0.15) is 13.2 Å². The third-order valence-electron chi connectivity index (χ3n) is 0.859. The summed E-state index contributed by atoms with van der Waals surface area (Å²) in [5.74, 6) is -1.16. The summed E-state index contributed by atoms with van der Waals surface area (Å²) >= 11 is 0. The van der Waals surface area contributed by atoms with Gasteiger partial charge in [0.15, 0.2) is 5.05 Å². The van der Waals surface area contributed by atoms with Crippen molar-refractivity contribution >= 4 is 21.3 Å². The van der Waals surface area contributed by atoms with Gasteiger partial charge in [0.2, 0.25) is 10.3 Å². The van der Waals surface area contributed by atoms with E-state index in [1.54, 1.807) is 0 Å². The molecule has 7 heteroatoms. The summed E-state index contributed by atoms with van der Waals surface area (Å²) in [5, 5.41) is 7.79. The van der Waals surface area contributed by atoms with E-state index in [2.05, 4.69) is 9.47 Å². The van der Waals surface area contributed by atoms with Crippen molar-refractivity contribution in [3.8, 4) is 0 Å². The molecule has 0 aromatic heterocycles. The molecule has 0 radical (unpaired) electrons. The maximum atomic E-state index is 10.2. The van der Waals surface area contributed by atoms with Crippen LogP contribution in [-0.2, 0) is 24.6 Å². The van der Waals surface area contributed by atoms with Crippen molar-refractivity contribution in [2.75, 3.05) is 20.3 Å². The second kappa shape index (κ2) is 5.70. The monoisotopic (exact) mass is 196 g/mol. The topological polar surface area (TPSA) is 89.9 Å². The Bertz CT molecular complexity index is 268. The molecule has 12 heavy (non-hydrogen) atoms. The van der Waals surface area contributed by atoms with Gasteiger partial charge in [-0.2, -0.15) is 8.42 Å². The number of carbonyl (C=O) groups is 1. The van der Waals surface area contributed by atoms with Crippen LogP contribution in [0.2, 0.25) is 0 Å². The highest BCUT2D eigenvalue weighted by atomic mass is 32.2. The third-order valence-corrected chi connectivity index (χ3v) is 1.52. The smallest absolute Gasteiger partial charge is 0.329 e. The Hall–Kier alpha value is -0.920. The summed E-state index contributed by atoms with van der Waals surface area (Å²) in [7, 11) is -1.33. The Morgan fingerprint density at radius 3 is 2.33 bits per heavy atom. The summed E-state index contributed by atoms with van der Waals surface area (Å²) in [6.45, 7) is -0.914. The molecule has 0 spiro atoms. The summed E-state index contributed by atoms with van der Waals surface area (Å²) in [5.41, 5.74) is 0. The third kappa shape index (κ3) is 4.83. The molecule has 0 aromatic carbocycles. The highest BCUT2D eigenvalue weighted by Gasteiger charge is 2.02. The molecule has 0 unspecified atom stereocenters. The van der Waals surface area contributed by atoms with Crippen molar-refractivity contribution in [3.05, 3.63) is 0 Å². The first-order valence-corrected chi connectivity index (χ1v) is 3.94. The Kier molecular flexibility index (Phi) is 5.26. The Morgan fingerprint density at radius 2 is 2.00 bits per heavy atom. The molecular weight excluding hydrogens is 188 g/mol. The normalized spacial score (nSPS) is 9.42. The maximum Gasteiger partial charge on any atom is 0.329 e. The van der Waals surface area contributed by atoms with Crippen LogP contribution in [0, 0.1) is 0 Å². The van der Waals surface area contributed by atoms with Crippen LogP contribution in [0.3, 0.4) is 0 Å². The van der Waals surface area contributed by atoms with Gasteiger partial charge in [-0.05, 0) is 0 Å². The lowest BCUT2D eigenvalue weighted by atomic mass is 10.7. The van der Waals surface area contributed by atoms with E-state index in [0.29, 0.717) is 0 Å². The first kappa shape index (κ1) is 11.1. The number of hydrogen-bond donors (Lipinski definition) is 1. The van der Waals surface area contributed by atoms with Crippen molar-refractivity contribution in [2.24, 2.45) is 0 Å². The predicted octanol–water partition coefficient (Wildman–Crippen LogP) is -1.26. The molecule has 0 saturated heterocycles. The quantitative estimate of drug-likeness (QED) is 0.564. The minimum Gasteiger partial charge on any atom is -0.480 e. The van der Waals surface area contributed by atoms with Crippen LogP contribution in [0.1, 0.15) is 0 Å². The number of hydrogen-bond acceptors (Lipinski definition) is 5. The number of methoxy groups -OCH3 is 1. The van der Waals surface area contributed by atoms with Gasteiger partial charge in [0.25, 0.3) is 0 Å². The molecule has 70 valence electrons. The average Bonchev–Trinajstić information content (AvgIpc) is 1.96. The lowest BCUT2D eigenvalue weighted by molar-refractivity contribution is -0.141. The number of ether oxygens (including phenoxy) is 2. The van der Waals surface area contributed by atoms with Crippen molar-refractivity contribution in [2.45, 2.75) is 0 Å². The van der Waals surface area contributed by atoms with Gasteiger partial charge >= 0.3 is 5.97 Å². The molecule has 0 fully saturated rings. The van der Waals surface area contributed by atoms with Gasteiger partial charge in [-0.3, -0.25) is 0 Å². The van der Waals surface area contributed by atoms with Crippen molar-refractivity contribution in [3.63, 3.8) is 0 Å². The standard InChI is InChI=1S/C5H8O6S/c1-10-5(12(8)9)3-11-2-4(6)7/h2-3H2,1H3,(H,6,7). The highest BCUT2D eigenvalue weighted by molar-refractivity contribution is 7.72. The molecule has 0 heterocycles. The molecule has 0 amide bonds. The lowest BCUT2D eigenvalue weighted by Gasteiger charge is -1.98. The van der Waals surface area contributed by atoms with Crippen LogP contribution < -0.4 is 0 Å². The van der Waals surface area contributed by atoms with E-state index in [1.165, 1.54) is 0 Å². The molecule has 6 nitrogen and oxygen atoms in total. The van der Waals surface area contributed by atoms with E-state index in [1.807, 2.05) is 0 Å². The van der Waals surface area contributed by atoms with E-state index >= 15 is 0 Å². The van der Waals surface area contributed by atoms with Gasteiger partial charge < -0.3 is 14.6 Å². The zero-order chi connectivity index (χ0) is 9.56. The summed E-state index contributed by atoms with van der Waals surface area (Å²) in [6, 6.07) is 0. The molecule has 0 aromatic rings. The van der Waals surface area contributed by atoms with Crippen LogP contribution in [0.5, 0.6) is 0 Å². The van der Waals surface area contributed by atoms with Crippen LogP contribution in [-0.4, -0.2) is 44.9 Å². The molecule has 0 aliphatic carbocycles. The molecule has 0 saturated carbocycles. The molecule has 0 rings (SSSR count). The Balaban J connectivity index is 3.93. The van der Waals surface area contributed by atoms with E-state index in [0.717, 1.165) is 7.11 Å². The van der Waals surface area contributed by atoms with E-state index < -0.39 is 22.9 Å². The maximum absolute atomic E-state index is 10.2. The van der Waals surface area contributed by atoms with Crippen LogP contribution in [0.4, 0.5) is 0 Å². The van der Waals surface area contributed by atoms with E-state index in [-0.39, 0.29) is 11.7 Å². The van der Waals surface area contributed by atoms with Crippen molar-refractivity contribution < 1.29 is 27.8 Å². The lowest BCUT2D eigenvalue weighted by Crippen LogP contribution is -2.16.